The van der Waals surface area contributed by atoms with Crippen molar-refractivity contribution in [1.29, 1.82) is 0 Å². The molecule has 0 aromatic carbocycles. The molecule has 0 saturated carbocycles. The Bertz CT molecular complexity index is 419. The molecule has 1 amide bonds. The number of thiol groups is 1. The van der Waals surface area contributed by atoms with Gasteiger partial charge < -0.3 is 15.5 Å². The number of carbonyl (C=O) groups is 2. The lowest BCUT2D eigenvalue weighted by Gasteiger charge is -2.20. The molecule has 0 aliphatic heterocycles. The minimum absolute atomic E-state index is 0.313. The van der Waals surface area contributed by atoms with Crippen LogP contribution in [0.3, 0.4) is 0 Å². The molecule has 3 atom stereocenters. The van der Waals surface area contributed by atoms with Crippen LogP contribution in [0.4, 0.5) is 0 Å². The third-order valence-corrected chi connectivity index (χ3v) is 3.87. The predicted octanol–water partition coefficient (Wildman–Crippen LogP) is 0.787. The molecule has 1 unspecified atom stereocenters. The summed E-state index contributed by atoms with van der Waals surface area (Å²) in [5, 5.41) is 24.4. The van der Waals surface area contributed by atoms with Crippen LogP contribution in [-0.2, 0) is 16.0 Å². The third-order valence-electron chi connectivity index (χ3n) is 2.70. The normalized spacial score (nSPS) is 15.5. The summed E-state index contributed by atoms with van der Waals surface area (Å²) in [5.41, 5.74) is 1.02. The fourth-order valence-electron chi connectivity index (χ4n) is 1.59. The Hall–Kier alpha value is -1.05. The highest BCUT2D eigenvalue weighted by atomic mass is 32.1. The van der Waals surface area contributed by atoms with Crippen molar-refractivity contribution in [3.8, 4) is 0 Å². The van der Waals surface area contributed by atoms with E-state index in [2.05, 4.69) is 17.9 Å². The fourth-order valence-corrected chi connectivity index (χ4v) is 2.57. The number of aliphatic hydroxyl groups is 1. The highest BCUT2D eigenvalue weighted by molar-refractivity contribution is 7.80. The van der Waals surface area contributed by atoms with E-state index in [4.69, 9.17) is 5.11 Å². The van der Waals surface area contributed by atoms with Gasteiger partial charge >= 0.3 is 5.97 Å². The summed E-state index contributed by atoms with van der Waals surface area (Å²) in [5.74, 6) is -1.77. The number of carboxylic acids is 1. The van der Waals surface area contributed by atoms with E-state index < -0.39 is 29.9 Å². The Balaban J connectivity index is 2.65. The zero-order valence-electron chi connectivity index (χ0n) is 10.4. The topological polar surface area (TPSA) is 86.6 Å². The Morgan fingerprint density at radius 1 is 1.53 bits per heavy atom. The number of thiophene rings is 1. The second kappa shape index (κ2) is 7.52. The van der Waals surface area contributed by atoms with E-state index in [0.717, 1.165) is 5.56 Å². The smallest absolute Gasteiger partial charge is 0.328 e. The molecule has 0 aliphatic carbocycles. The largest absolute Gasteiger partial charge is 0.480 e. The first kappa shape index (κ1) is 16.0. The Kier molecular flexibility index (Phi) is 6.33. The molecule has 19 heavy (non-hydrogen) atoms. The van der Waals surface area contributed by atoms with Crippen molar-refractivity contribution in [2.24, 2.45) is 5.92 Å². The minimum Gasteiger partial charge on any atom is -0.480 e. The van der Waals surface area contributed by atoms with Crippen LogP contribution in [0.15, 0.2) is 16.8 Å². The molecule has 106 valence electrons. The zero-order chi connectivity index (χ0) is 14.4. The van der Waals surface area contributed by atoms with Crippen molar-refractivity contribution in [3.05, 3.63) is 22.4 Å². The molecule has 3 N–H and O–H groups in total. The van der Waals surface area contributed by atoms with Crippen LogP contribution in [0, 0.1) is 5.92 Å². The van der Waals surface area contributed by atoms with Gasteiger partial charge in [-0.1, -0.05) is 0 Å². The van der Waals surface area contributed by atoms with Crippen molar-refractivity contribution in [2.45, 2.75) is 25.5 Å². The summed E-state index contributed by atoms with van der Waals surface area (Å²) in [6, 6.07) is 0.620. The van der Waals surface area contributed by atoms with Gasteiger partial charge in [0.1, 0.15) is 0 Å². The van der Waals surface area contributed by atoms with E-state index in [1.807, 2.05) is 16.8 Å². The fraction of sp³-hybridized carbons (Fsp3) is 0.500. The molecule has 5 nitrogen and oxygen atoms in total. The van der Waals surface area contributed by atoms with Gasteiger partial charge in [0.25, 0.3) is 0 Å². The summed E-state index contributed by atoms with van der Waals surface area (Å²) >= 11 is 5.66. The molecule has 1 heterocycles. The van der Waals surface area contributed by atoms with Crippen molar-refractivity contribution in [1.82, 2.24) is 5.32 Å². The number of carboxylic acid groups (broad SMARTS) is 1. The maximum absolute atomic E-state index is 12.0. The molecule has 0 saturated heterocycles. The molecule has 0 spiro atoms. The Morgan fingerprint density at radius 2 is 2.21 bits per heavy atom. The average Bonchev–Trinajstić information content (AvgIpc) is 2.84. The maximum atomic E-state index is 12.0. The van der Waals surface area contributed by atoms with E-state index in [1.165, 1.54) is 18.3 Å². The van der Waals surface area contributed by atoms with Crippen LogP contribution in [0.5, 0.6) is 0 Å². The molecule has 7 heteroatoms. The van der Waals surface area contributed by atoms with Crippen LogP contribution in [0.1, 0.15) is 12.5 Å². The van der Waals surface area contributed by atoms with Gasteiger partial charge in [0.05, 0.1) is 12.0 Å². The number of aliphatic hydroxyl groups excluding tert-OH is 1. The number of aliphatic carboxylic acids is 1. The SMILES string of the molecule is C[C@@H](O)[C@H](NC(=O)C(CS)Cc1ccsc1)C(=O)O. The number of nitrogens with one attached hydrogen (secondary N) is 1. The molecule has 0 radical (unpaired) electrons. The van der Waals surface area contributed by atoms with Gasteiger partial charge in [0.15, 0.2) is 6.04 Å². The average molecular weight is 303 g/mol. The van der Waals surface area contributed by atoms with Gasteiger partial charge in [0, 0.05) is 5.75 Å². The molecule has 1 rings (SSSR count). The van der Waals surface area contributed by atoms with Gasteiger partial charge in [0.2, 0.25) is 5.91 Å². The minimum atomic E-state index is -1.29. The van der Waals surface area contributed by atoms with Crippen LogP contribution in [0.25, 0.3) is 0 Å². The zero-order valence-corrected chi connectivity index (χ0v) is 12.2. The lowest BCUT2D eigenvalue weighted by Crippen LogP contribution is -2.50. The maximum Gasteiger partial charge on any atom is 0.328 e. The van der Waals surface area contributed by atoms with Gasteiger partial charge in [-0.25, -0.2) is 4.79 Å². The summed E-state index contributed by atoms with van der Waals surface area (Å²) in [4.78, 5) is 22.9. The van der Waals surface area contributed by atoms with Gasteiger partial charge in [-0.2, -0.15) is 24.0 Å². The molecular formula is C12H17NO4S2. The van der Waals surface area contributed by atoms with E-state index in [-0.39, 0.29) is 0 Å². The number of carbonyl (C=O) groups excluding carboxylic acids is 1. The molecule has 1 aromatic rings. The van der Waals surface area contributed by atoms with E-state index in [0.29, 0.717) is 12.2 Å². The monoisotopic (exact) mass is 303 g/mol. The number of rotatable bonds is 7. The summed E-state index contributed by atoms with van der Waals surface area (Å²) < 4.78 is 0. The highest BCUT2D eigenvalue weighted by Crippen LogP contribution is 2.14. The molecule has 0 fully saturated rings. The lowest BCUT2D eigenvalue weighted by atomic mass is 10.0. The molecule has 0 bridgehead atoms. The Labute approximate surface area is 121 Å². The molecule has 1 aromatic heterocycles. The molecule has 0 aliphatic rings. The van der Waals surface area contributed by atoms with Gasteiger partial charge in [-0.15, -0.1) is 0 Å². The quantitative estimate of drug-likeness (QED) is 0.561. The number of hydrogen-bond donors (Lipinski definition) is 4. The van der Waals surface area contributed by atoms with Crippen molar-refractivity contribution in [3.63, 3.8) is 0 Å². The van der Waals surface area contributed by atoms with Crippen molar-refractivity contribution >= 4 is 35.8 Å². The number of hydrogen-bond acceptors (Lipinski definition) is 5. The summed E-state index contributed by atoms with van der Waals surface area (Å²) in [6.07, 6.45) is -0.645. The van der Waals surface area contributed by atoms with E-state index in [1.54, 1.807) is 0 Å². The van der Waals surface area contributed by atoms with Crippen LogP contribution < -0.4 is 5.32 Å². The first-order chi connectivity index (χ1) is 8.95. The van der Waals surface area contributed by atoms with E-state index >= 15 is 0 Å². The van der Waals surface area contributed by atoms with Crippen LogP contribution in [0.2, 0.25) is 0 Å². The van der Waals surface area contributed by atoms with E-state index in [9.17, 15) is 14.7 Å². The third kappa shape index (κ3) is 4.85. The summed E-state index contributed by atoms with van der Waals surface area (Å²) in [7, 11) is 0. The van der Waals surface area contributed by atoms with Gasteiger partial charge in [-0.3, -0.25) is 4.79 Å². The van der Waals surface area contributed by atoms with Crippen LogP contribution in [-0.4, -0.2) is 40.0 Å². The lowest BCUT2D eigenvalue weighted by molar-refractivity contribution is -0.145. The first-order valence-corrected chi connectivity index (χ1v) is 7.36. The highest BCUT2D eigenvalue weighted by Gasteiger charge is 2.28. The second-order valence-electron chi connectivity index (χ2n) is 4.28. The van der Waals surface area contributed by atoms with Crippen molar-refractivity contribution < 1.29 is 19.8 Å². The van der Waals surface area contributed by atoms with Gasteiger partial charge in [-0.05, 0) is 35.7 Å². The second-order valence-corrected chi connectivity index (χ2v) is 5.43. The Morgan fingerprint density at radius 3 is 2.63 bits per heavy atom. The van der Waals surface area contributed by atoms with Crippen molar-refractivity contribution in [2.75, 3.05) is 5.75 Å². The number of amides is 1. The first-order valence-electron chi connectivity index (χ1n) is 5.79. The summed E-state index contributed by atoms with van der Waals surface area (Å²) in [6.45, 7) is 1.33. The molecular weight excluding hydrogens is 286 g/mol. The van der Waals surface area contributed by atoms with Crippen LogP contribution >= 0.6 is 24.0 Å². The standard InChI is InChI=1S/C12H17NO4S2/c1-7(14)10(12(16)17)13-11(15)9(5-18)4-8-2-3-19-6-8/h2-3,6-7,9-10,14,18H,4-5H2,1H3,(H,13,15)(H,16,17)/t7-,9?,10+/m1/s1. The predicted molar refractivity (Wildman–Crippen MR) is 76.6 cm³/mol.